The molecule has 19 heavy (non-hydrogen) atoms. The van der Waals surface area contributed by atoms with E-state index < -0.39 is 0 Å². The van der Waals surface area contributed by atoms with Crippen LogP contribution in [0.3, 0.4) is 0 Å². The number of morpholine rings is 1. The van der Waals surface area contributed by atoms with Gasteiger partial charge in [-0.25, -0.2) is 0 Å². The average Bonchev–Trinajstić information content (AvgIpc) is 2.86. The van der Waals surface area contributed by atoms with Gasteiger partial charge in [0, 0.05) is 26.3 Å². The molecule has 1 aliphatic heterocycles. The summed E-state index contributed by atoms with van der Waals surface area (Å²) in [6.07, 6.45) is -0.175. The van der Waals surface area contributed by atoms with Crippen LogP contribution >= 0.6 is 11.6 Å². The maximum atomic E-state index is 12.3. The molecule has 1 aliphatic rings. The van der Waals surface area contributed by atoms with Crippen LogP contribution in [0.25, 0.3) is 0 Å². The van der Waals surface area contributed by atoms with Gasteiger partial charge in [-0.3, -0.25) is 4.79 Å². The van der Waals surface area contributed by atoms with Gasteiger partial charge in [-0.1, -0.05) is 5.16 Å². The molecule has 2 heterocycles. The Kier molecular flexibility index (Phi) is 4.79. The Labute approximate surface area is 116 Å². The number of carbonyl (C=O) groups excluding carboxylic acids is 1. The number of alkyl halides is 1. The molecule has 0 radical (unpaired) electrons. The van der Waals surface area contributed by atoms with Crippen molar-refractivity contribution in [1.82, 2.24) is 10.1 Å². The number of aromatic nitrogens is 1. The predicted molar refractivity (Wildman–Crippen MR) is 68.2 cm³/mol. The number of halogens is 1. The molecule has 0 N–H and O–H groups in total. The number of hydrogen-bond acceptors (Lipinski definition) is 5. The molecule has 2 atom stereocenters. The number of hydrogen-bond donors (Lipinski definition) is 0. The summed E-state index contributed by atoms with van der Waals surface area (Å²) in [6, 6.07) is 1.60. The molecule has 7 heteroatoms. The van der Waals surface area contributed by atoms with Crippen molar-refractivity contribution >= 4 is 17.5 Å². The second kappa shape index (κ2) is 6.36. The van der Waals surface area contributed by atoms with E-state index in [-0.39, 0.29) is 23.8 Å². The SMILES string of the molecule is COCc1cc(C(=O)N2CC(C)OC(CCl)C2)no1. The van der Waals surface area contributed by atoms with E-state index in [1.165, 1.54) is 0 Å². The third kappa shape index (κ3) is 3.46. The van der Waals surface area contributed by atoms with Crippen LogP contribution in [0.4, 0.5) is 0 Å². The lowest BCUT2D eigenvalue weighted by molar-refractivity contribution is -0.0572. The van der Waals surface area contributed by atoms with Crippen LogP contribution in [-0.4, -0.2) is 54.3 Å². The van der Waals surface area contributed by atoms with Crippen LogP contribution in [-0.2, 0) is 16.1 Å². The summed E-state index contributed by atoms with van der Waals surface area (Å²) in [6.45, 7) is 3.21. The Morgan fingerprint density at radius 3 is 3.11 bits per heavy atom. The van der Waals surface area contributed by atoms with E-state index in [0.717, 1.165) is 0 Å². The third-order valence-corrected chi connectivity index (χ3v) is 3.19. The van der Waals surface area contributed by atoms with Gasteiger partial charge in [0.2, 0.25) is 0 Å². The van der Waals surface area contributed by atoms with Crippen molar-refractivity contribution < 1.29 is 18.8 Å². The molecule has 0 saturated carbocycles. The number of methoxy groups -OCH3 is 1. The predicted octanol–water partition coefficient (Wildman–Crippen LogP) is 1.29. The Balaban J connectivity index is 2.05. The molecule has 1 amide bonds. The fraction of sp³-hybridized carbons (Fsp3) is 0.667. The molecule has 1 saturated heterocycles. The molecule has 2 rings (SSSR count). The maximum absolute atomic E-state index is 12.3. The van der Waals surface area contributed by atoms with Crippen molar-refractivity contribution in [3.8, 4) is 0 Å². The number of nitrogens with zero attached hydrogens (tertiary/aromatic N) is 2. The van der Waals surface area contributed by atoms with Gasteiger partial charge >= 0.3 is 0 Å². The number of rotatable bonds is 4. The molecule has 0 aromatic carbocycles. The summed E-state index contributed by atoms with van der Waals surface area (Å²) in [7, 11) is 1.55. The van der Waals surface area contributed by atoms with Crippen LogP contribution < -0.4 is 0 Å². The normalized spacial score (nSPS) is 23.6. The summed E-state index contributed by atoms with van der Waals surface area (Å²) >= 11 is 5.79. The van der Waals surface area contributed by atoms with Crippen molar-refractivity contribution in [2.75, 3.05) is 26.1 Å². The van der Waals surface area contributed by atoms with E-state index >= 15 is 0 Å². The van der Waals surface area contributed by atoms with Crippen LogP contribution in [0.15, 0.2) is 10.6 Å². The van der Waals surface area contributed by atoms with Gasteiger partial charge < -0.3 is 18.9 Å². The van der Waals surface area contributed by atoms with Crippen molar-refractivity contribution in [3.63, 3.8) is 0 Å². The molecule has 1 aromatic heterocycles. The molecule has 6 nitrogen and oxygen atoms in total. The van der Waals surface area contributed by atoms with E-state index in [9.17, 15) is 4.79 Å². The lowest BCUT2D eigenvalue weighted by Gasteiger charge is -2.35. The van der Waals surface area contributed by atoms with E-state index in [1.54, 1.807) is 18.1 Å². The zero-order valence-electron chi connectivity index (χ0n) is 11.0. The van der Waals surface area contributed by atoms with E-state index in [2.05, 4.69) is 5.16 Å². The monoisotopic (exact) mass is 288 g/mol. The highest BCUT2D eigenvalue weighted by molar-refractivity contribution is 6.18. The Morgan fingerprint density at radius 2 is 2.42 bits per heavy atom. The fourth-order valence-corrected chi connectivity index (χ4v) is 2.25. The smallest absolute Gasteiger partial charge is 0.276 e. The first-order chi connectivity index (χ1) is 9.13. The molecular weight excluding hydrogens is 272 g/mol. The first-order valence-electron chi connectivity index (χ1n) is 6.09. The van der Waals surface area contributed by atoms with Crippen LogP contribution in [0.1, 0.15) is 23.2 Å². The lowest BCUT2D eigenvalue weighted by atomic mass is 10.2. The number of ether oxygens (including phenoxy) is 2. The van der Waals surface area contributed by atoms with Gasteiger partial charge in [0.25, 0.3) is 5.91 Å². The summed E-state index contributed by atoms with van der Waals surface area (Å²) in [5, 5.41) is 3.77. The van der Waals surface area contributed by atoms with Crippen LogP contribution in [0.5, 0.6) is 0 Å². The minimum atomic E-state index is -0.170. The van der Waals surface area contributed by atoms with E-state index in [0.29, 0.717) is 31.3 Å². The first-order valence-corrected chi connectivity index (χ1v) is 6.62. The standard InChI is InChI=1S/C12H17ClN2O4/c1-8-5-15(6-10(4-13)18-8)12(16)11-3-9(7-17-2)19-14-11/h3,8,10H,4-7H2,1-2H3. The van der Waals surface area contributed by atoms with E-state index in [1.807, 2.05) is 6.92 Å². The molecule has 2 unspecified atom stereocenters. The molecule has 0 bridgehead atoms. The number of amides is 1. The summed E-state index contributed by atoms with van der Waals surface area (Å²) < 4.78 is 15.5. The van der Waals surface area contributed by atoms with Gasteiger partial charge in [-0.15, -0.1) is 11.6 Å². The molecule has 1 fully saturated rings. The lowest BCUT2D eigenvalue weighted by Crippen LogP contribution is -2.49. The Hall–Kier alpha value is -1.11. The Bertz CT molecular complexity index is 437. The highest BCUT2D eigenvalue weighted by Gasteiger charge is 2.29. The van der Waals surface area contributed by atoms with Crippen molar-refractivity contribution in [2.45, 2.75) is 25.7 Å². The summed E-state index contributed by atoms with van der Waals surface area (Å²) in [5.74, 6) is 0.722. The van der Waals surface area contributed by atoms with Crippen LogP contribution in [0, 0.1) is 0 Å². The minimum absolute atomic E-state index is 0.0354. The largest absolute Gasteiger partial charge is 0.377 e. The maximum Gasteiger partial charge on any atom is 0.276 e. The Morgan fingerprint density at radius 1 is 1.63 bits per heavy atom. The van der Waals surface area contributed by atoms with Crippen LogP contribution in [0.2, 0.25) is 0 Å². The van der Waals surface area contributed by atoms with Gasteiger partial charge in [-0.2, -0.15) is 0 Å². The minimum Gasteiger partial charge on any atom is -0.377 e. The van der Waals surface area contributed by atoms with Crippen molar-refractivity contribution in [3.05, 3.63) is 17.5 Å². The highest BCUT2D eigenvalue weighted by Crippen LogP contribution is 2.16. The zero-order valence-corrected chi connectivity index (χ0v) is 11.7. The topological polar surface area (TPSA) is 64.8 Å². The summed E-state index contributed by atoms with van der Waals surface area (Å²) in [4.78, 5) is 14.0. The molecule has 1 aromatic rings. The average molecular weight is 289 g/mol. The highest BCUT2D eigenvalue weighted by atomic mass is 35.5. The second-order valence-corrected chi connectivity index (χ2v) is 4.85. The number of carbonyl (C=O) groups is 1. The van der Waals surface area contributed by atoms with Gasteiger partial charge in [-0.05, 0) is 6.92 Å². The molecule has 0 aliphatic carbocycles. The summed E-state index contributed by atoms with van der Waals surface area (Å²) in [5.41, 5.74) is 0.287. The second-order valence-electron chi connectivity index (χ2n) is 4.54. The zero-order chi connectivity index (χ0) is 13.8. The first kappa shape index (κ1) is 14.3. The van der Waals surface area contributed by atoms with Crippen molar-refractivity contribution in [2.24, 2.45) is 0 Å². The third-order valence-electron chi connectivity index (χ3n) is 2.85. The quantitative estimate of drug-likeness (QED) is 0.781. The van der Waals surface area contributed by atoms with Gasteiger partial charge in [0.1, 0.15) is 6.61 Å². The molecule has 0 spiro atoms. The van der Waals surface area contributed by atoms with Crippen molar-refractivity contribution in [1.29, 1.82) is 0 Å². The fourth-order valence-electron chi connectivity index (χ4n) is 2.08. The van der Waals surface area contributed by atoms with E-state index in [4.69, 9.17) is 25.6 Å². The van der Waals surface area contributed by atoms with Gasteiger partial charge in [0.15, 0.2) is 11.5 Å². The molecule has 106 valence electrons. The van der Waals surface area contributed by atoms with Gasteiger partial charge in [0.05, 0.1) is 18.1 Å². The molecular formula is C12H17ClN2O4.